The standard InChI is InChI=1S/C15H21NO2/c1-12-5-4-6-13(11-12)9-10-15(17)16-18-14-7-2-3-8-14/h4-6,11,14H,2-3,7-10H2,1H3,(H,16,17). The van der Waals surface area contributed by atoms with Gasteiger partial charge in [0.1, 0.15) is 0 Å². The van der Waals surface area contributed by atoms with Gasteiger partial charge in [0.15, 0.2) is 0 Å². The van der Waals surface area contributed by atoms with Crippen LogP contribution in [0.5, 0.6) is 0 Å². The second-order valence-corrected chi connectivity index (χ2v) is 5.04. The molecule has 98 valence electrons. The van der Waals surface area contributed by atoms with Crippen molar-refractivity contribution in [3.05, 3.63) is 35.4 Å². The average Bonchev–Trinajstić information content (AvgIpc) is 2.87. The molecule has 0 bridgehead atoms. The highest BCUT2D eigenvalue weighted by molar-refractivity contribution is 5.75. The summed E-state index contributed by atoms with van der Waals surface area (Å²) in [6.07, 6.45) is 6.04. The maximum atomic E-state index is 11.6. The third kappa shape index (κ3) is 4.15. The van der Waals surface area contributed by atoms with Crippen LogP contribution in [0, 0.1) is 6.92 Å². The lowest BCUT2D eigenvalue weighted by Gasteiger charge is -2.11. The molecule has 0 radical (unpaired) electrons. The first kappa shape index (κ1) is 13.1. The number of hydrogen-bond acceptors (Lipinski definition) is 2. The highest BCUT2D eigenvalue weighted by atomic mass is 16.7. The molecule has 0 unspecified atom stereocenters. The van der Waals surface area contributed by atoms with E-state index in [1.54, 1.807) is 0 Å². The van der Waals surface area contributed by atoms with E-state index in [1.807, 2.05) is 6.07 Å². The second kappa shape index (κ2) is 6.55. The molecule has 0 saturated heterocycles. The first-order chi connectivity index (χ1) is 8.74. The molecule has 1 aromatic carbocycles. The van der Waals surface area contributed by atoms with Crippen LogP contribution in [0.1, 0.15) is 43.2 Å². The van der Waals surface area contributed by atoms with Gasteiger partial charge >= 0.3 is 0 Å². The molecule has 18 heavy (non-hydrogen) atoms. The largest absolute Gasteiger partial charge is 0.273 e. The van der Waals surface area contributed by atoms with E-state index in [4.69, 9.17) is 4.84 Å². The van der Waals surface area contributed by atoms with Crippen molar-refractivity contribution in [1.29, 1.82) is 0 Å². The molecule has 0 spiro atoms. The molecular weight excluding hydrogens is 226 g/mol. The number of benzene rings is 1. The topological polar surface area (TPSA) is 38.3 Å². The fourth-order valence-corrected chi connectivity index (χ4v) is 2.33. The van der Waals surface area contributed by atoms with Crippen molar-refractivity contribution in [3.8, 4) is 0 Å². The minimum atomic E-state index is -0.0246. The molecule has 0 atom stereocenters. The number of carbonyl (C=O) groups is 1. The van der Waals surface area contributed by atoms with Crippen molar-refractivity contribution in [2.75, 3.05) is 0 Å². The molecule has 1 saturated carbocycles. The number of hydrogen-bond donors (Lipinski definition) is 1. The zero-order chi connectivity index (χ0) is 12.8. The van der Waals surface area contributed by atoms with Crippen LogP contribution < -0.4 is 5.48 Å². The van der Waals surface area contributed by atoms with Gasteiger partial charge in [-0.15, -0.1) is 0 Å². The molecular formula is C15H21NO2. The molecule has 1 aliphatic rings. The lowest BCUT2D eigenvalue weighted by atomic mass is 10.1. The van der Waals surface area contributed by atoms with Gasteiger partial charge in [0.05, 0.1) is 6.10 Å². The van der Waals surface area contributed by atoms with Crippen LogP contribution in [-0.2, 0) is 16.1 Å². The van der Waals surface area contributed by atoms with Crippen LogP contribution in [-0.4, -0.2) is 12.0 Å². The lowest BCUT2D eigenvalue weighted by Crippen LogP contribution is -2.28. The lowest BCUT2D eigenvalue weighted by molar-refractivity contribution is -0.138. The first-order valence-corrected chi connectivity index (χ1v) is 6.74. The normalized spacial score (nSPS) is 15.8. The summed E-state index contributed by atoms with van der Waals surface area (Å²) in [5.41, 5.74) is 5.00. The fourth-order valence-electron chi connectivity index (χ4n) is 2.33. The van der Waals surface area contributed by atoms with E-state index >= 15 is 0 Å². The van der Waals surface area contributed by atoms with Crippen LogP contribution in [0.2, 0.25) is 0 Å². The summed E-state index contributed by atoms with van der Waals surface area (Å²) in [6.45, 7) is 2.06. The van der Waals surface area contributed by atoms with Crippen molar-refractivity contribution in [2.45, 2.75) is 51.6 Å². The Morgan fingerprint density at radius 3 is 2.89 bits per heavy atom. The number of amides is 1. The summed E-state index contributed by atoms with van der Waals surface area (Å²) in [4.78, 5) is 17.0. The third-order valence-corrected chi connectivity index (χ3v) is 3.36. The molecule has 0 aliphatic heterocycles. The average molecular weight is 247 g/mol. The Hall–Kier alpha value is -1.35. The fraction of sp³-hybridized carbons (Fsp3) is 0.533. The summed E-state index contributed by atoms with van der Waals surface area (Å²) in [7, 11) is 0. The Labute approximate surface area is 108 Å². The maximum Gasteiger partial charge on any atom is 0.243 e. The maximum absolute atomic E-state index is 11.6. The predicted molar refractivity (Wildman–Crippen MR) is 71.0 cm³/mol. The number of hydroxylamine groups is 1. The number of rotatable bonds is 5. The van der Waals surface area contributed by atoms with Crippen LogP contribution >= 0.6 is 0 Å². The summed E-state index contributed by atoms with van der Waals surface area (Å²) < 4.78 is 0. The van der Waals surface area contributed by atoms with E-state index in [0.717, 1.165) is 19.3 Å². The molecule has 2 rings (SSSR count). The van der Waals surface area contributed by atoms with Crippen LogP contribution in [0.15, 0.2) is 24.3 Å². The molecule has 1 aromatic rings. The van der Waals surface area contributed by atoms with Gasteiger partial charge in [0.25, 0.3) is 0 Å². The number of carbonyl (C=O) groups excluding carboxylic acids is 1. The minimum absolute atomic E-state index is 0.0246. The smallest absolute Gasteiger partial charge is 0.243 e. The monoisotopic (exact) mass is 247 g/mol. The zero-order valence-electron chi connectivity index (χ0n) is 10.9. The molecule has 3 heteroatoms. The number of nitrogens with one attached hydrogen (secondary N) is 1. The van der Waals surface area contributed by atoms with E-state index < -0.39 is 0 Å². The van der Waals surface area contributed by atoms with Crippen molar-refractivity contribution in [1.82, 2.24) is 5.48 Å². The minimum Gasteiger partial charge on any atom is -0.273 e. The van der Waals surface area contributed by atoms with E-state index in [-0.39, 0.29) is 12.0 Å². The Morgan fingerprint density at radius 1 is 1.39 bits per heavy atom. The van der Waals surface area contributed by atoms with E-state index in [9.17, 15) is 4.79 Å². The molecule has 1 amide bonds. The van der Waals surface area contributed by atoms with Gasteiger partial charge < -0.3 is 0 Å². The van der Waals surface area contributed by atoms with Crippen molar-refractivity contribution in [3.63, 3.8) is 0 Å². The van der Waals surface area contributed by atoms with Gasteiger partial charge in [-0.1, -0.05) is 42.7 Å². The summed E-state index contributed by atoms with van der Waals surface area (Å²) in [6, 6.07) is 8.26. The Balaban J connectivity index is 1.68. The van der Waals surface area contributed by atoms with Gasteiger partial charge in [-0.05, 0) is 31.7 Å². The Bertz CT molecular complexity index is 397. The highest BCUT2D eigenvalue weighted by Crippen LogP contribution is 2.19. The van der Waals surface area contributed by atoms with Crippen molar-refractivity contribution < 1.29 is 9.63 Å². The summed E-state index contributed by atoms with van der Waals surface area (Å²) in [5, 5.41) is 0. The van der Waals surface area contributed by atoms with E-state index in [1.165, 1.54) is 24.0 Å². The first-order valence-electron chi connectivity index (χ1n) is 6.74. The molecule has 1 aliphatic carbocycles. The van der Waals surface area contributed by atoms with Crippen LogP contribution in [0.4, 0.5) is 0 Å². The molecule has 1 fully saturated rings. The van der Waals surface area contributed by atoms with Crippen molar-refractivity contribution in [2.24, 2.45) is 0 Å². The van der Waals surface area contributed by atoms with Gasteiger partial charge in [0.2, 0.25) is 5.91 Å². The number of aryl methyl sites for hydroxylation is 2. The quantitative estimate of drug-likeness (QED) is 0.812. The Morgan fingerprint density at radius 2 is 2.17 bits per heavy atom. The Kier molecular flexibility index (Phi) is 4.76. The third-order valence-electron chi connectivity index (χ3n) is 3.36. The van der Waals surface area contributed by atoms with Gasteiger partial charge in [-0.3, -0.25) is 9.63 Å². The summed E-state index contributed by atoms with van der Waals surface area (Å²) >= 11 is 0. The second-order valence-electron chi connectivity index (χ2n) is 5.04. The van der Waals surface area contributed by atoms with Gasteiger partial charge in [0, 0.05) is 6.42 Å². The van der Waals surface area contributed by atoms with E-state index in [0.29, 0.717) is 6.42 Å². The SMILES string of the molecule is Cc1cccc(CCC(=O)NOC2CCCC2)c1. The van der Waals surface area contributed by atoms with Crippen LogP contribution in [0.25, 0.3) is 0 Å². The summed E-state index contributed by atoms with van der Waals surface area (Å²) in [5.74, 6) is -0.0246. The van der Waals surface area contributed by atoms with Crippen LogP contribution in [0.3, 0.4) is 0 Å². The van der Waals surface area contributed by atoms with Crippen molar-refractivity contribution >= 4 is 5.91 Å². The molecule has 0 aromatic heterocycles. The molecule has 1 N–H and O–H groups in total. The highest BCUT2D eigenvalue weighted by Gasteiger charge is 2.16. The van der Waals surface area contributed by atoms with Gasteiger partial charge in [-0.25, -0.2) is 5.48 Å². The van der Waals surface area contributed by atoms with E-state index in [2.05, 4.69) is 30.6 Å². The predicted octanol–water partition coefficient (Wildman–Crippen LogP) is 2.92. The zero-order valence-corrected chi connectivity index (χ0v) is 10.9. The van der Waals surface area contributed by atoms with Gasteiger partial charge in [-0.2, -0.15) is 0 Å². The molecule has 3 nitrogen and oxygen atoms in total. The molecule has 0 heterocycles.